The molecule has 0 aliphatic carbocycles. The van der Waals surface area contributed by atoms with Gasteiger partial charge >= 0.3 is 0 Å². The average molecular weight is 394 g/mol. The number of nitrogens with zero attached hydrogens (tertiary/aromatic N) is 1. The molecule has 0 radical (unpaired) electrons. The normalized spacial score (nSPS) is 10.8. The lowest BCUT2D eigenvalue weighted by Crippen LogP contribution is -2.13. The fraction of sp³-hybridized carbons (Fsp3) is 0.0952. The van der Waals surface area contributed by atoms with Crippen LogP contribution in [0.4, 0.5) is 5.69 Å². The monoisotopic (exact) mass is 394 g/mol. The standard InChI is InChI=1S/C21H18N2O4S/c1-26-18-9-6-16(7-10-18)20-13-17(8-11-21(20)27-2)23-28(24,25)19-5-3-4-15(12-19)14-22/h3-13,23H,1-2H3. The maximum Gasteiger partial charge on any atom is 0.261 e. The summed E-state index contributed by atoms with van der Waals surface area (Å²) < 4.78 is 38.5. The van der Waals surface area contributed by atoms with E-state index in [9.17, 15) is 8.42 Å². The van der Waals surface area contributed by atoms with Gasteiger partial charge in [0.15, 0.2) is 0 Å². The molecule has 0 aliphatic rings. The van der Waals surface area contributed by atoms with Gasteiger partial charge in [-0.1, -0.05) is 18.2 Å². The van der Waals surface area contributed by atoms with E-state index in [1.807, 2.05) is 30.3 Å². The van der Waals surface area contributed by atoms with Crippen molar-refractivity contribution < 1.29 is 17.9 Å². The molecule has 0 bridgehead atoms. The Morgan fingerprint density at radius 3 is 2.32 bits per heavy atom. The van der Waals surface area contributed by atoms with E-state index in [0.717, 1.165) is 16.9 Å². The van der Waals surface area contributed by atoms with Crippen LogP contribution in [-0.2, 0) is 10.0 Å². The van der Waals surface area contributed by atoms with E-state index in [0.29, 0.717) is 11.4 Å². The van der Waals surface area contributed by atoms with Gasteiger partial charge in [-0.15, -0.1) is 0 Å². The van der Waals surface area contributed by atoms with Crippen LogP contribution in [0.2, 0.25) is 0 Å². The number of benzene rings is 3. The highest BCUT2D eigenvalue weighted by atomic mass is 32.2. The molecular weight excluding hydrogens is 376 g/mol. The van der Waals surface area contributed by atoms with Crippen LogP contribution in [0.1, 0.15) is 5.56 Å². The number of hydrogen-bond donors (Lipinski definition) is 1. The zero-order valence-electron chi connectivity index (χ0n) is 15.3. The minimum atomic E-state index is -3.84. The molecule has 7 heteroatoms. The van der Waals surface area contributed by atoms with Gasteiger partial charge in [0.05, 0.1) is 30.7 Å². The zero-order valence-corrected chi connectivity index (χ0v) is 16.2. The molecular formula is C21H18N2O4S. The van der Waals surface area contributed by atoms with E-state index in [4.69, 9.17) is 14.7 Å². The van der Waals surface area contributed by atoms with Gasteiger partial charge in [0.2, 0.25) is 0 Å². The van der Waals surface area contributed by atoms with Crippen molar-refractivity contribution in [3.8, 4) is 28.7 Å². The third-order valence-electron chi connectivity index (χ3n) is 4.13. The van der Waals surface area contributed by atoms with Crippen molar-refractivity contribution >= 4 is 15.7 Å². The molecule has 3 aromatic carbocycles. The van der Waals surface area contributed by atoms with E-state index in [1.165, 1.54) is 18.2 Å². The summed E-state index contributed by atoms with van der Waals surface area (Å²) >= 11 is 0. The van der Waals surface area contributed by atoms with Crippen LogP contribution in [0, 0.1) is 11.3 Å². The van der Waals surface area contributed by atoms with Gasteiger partial charge in [-0.05, 0) is 54.1 Å². The highest BCUT2D eigenvalue weighted by Crippen LogP contribution is 2.34. The molecule has 0 spiro atoms. The minimum absolute atomic E-state index is 0.0216. The molecule has 0 heterocycles. The van der Waals surface area contributed by atoms with Gasteiger partial charge in [0.25, 0.3) is 10.0 Å². The molecule has 0 atom stereocenters. The molecule has 0 aliphatic heterocycles. The van der Waals surface area contributed by atoms with Crippen LogP contribution < -0.4 is 14.2 Å². The maximum absolute atomic E-state index is 12.7. The van der Waals surface area contributed by atoms with Gasteiger partial charge in [0.1, 0.15) is 11.5 Å². The van der Waals surface area contributed by atoms with Crippen LogP contribution in [0.25, 0.3) is 11.1 Å². The topological polar surface area (TPSA) is 88.4 Å². The van der Waals surface area contributed by atoms with Crippen molar-refractivity contribution in [2.24, 2.45) is 0 Å². The van der Waals surface area contributed by atoms with E-state index < -0.39 is 10.0 Å². The number of nitrogens with one attached hydrogen (secondary N) is 1. The second kappa shape index (κ2) is 8.03. The number of nitriles is 1. The van der Waals surface area contributed by atoms with Crippen LogP contribution in [0.3, 0.4) is 0 Å². The largest absolute Gasteiger partial charge is 0.497 e. The highest BCUT2D eigenvalue weighted by Gasteiger charge is 2.16. The Balaban J connectivity index is 1.97. The van der Waals surface area contributed by atoms with Gasteiger partial charge in [-0.25, -0.2) is 8.42 Å². The number of hydrogen-bond acceptors (Lipinski definition) is 5. The van der Waals surface area contributed by atoms with Crippen molar-refractivity contribution in [1.82, 2.24) is 0 Å². The summed E-state index contributed by atoms with van der Waals surface area (Å²) in [5.41, 5.74) is 2.24. The molecule has 3 rings (SSSR count). The number of ether oxygens (including phenoxy) is 2. The van der Waals surface area contributed by atoms with Crippen molar-refractivity contribution in [2.45, 2.75) is 4.90 Å². The number of rotatable bonds is 6. The third kappa shape index (κ3) is 4.08. The van der Waals surface area contributed by atoms with E-state index >= 15 is 0 Å². The molecule has 0 unspecified atom stereocenters. The fourth-order valence-corrected chi connectivity index (χ4v) is 3.81. The van der Waals surface area contributed by atoms with Gasteiger partial charge in [0, 0.05) is 11.3 Å². The smallest absolute Gasteiger partial charge is 0.261 e. The Bertz CT molecular complexity index is 1130. The highest BCUT2D eigenvalue weighted by molar-refractivity contribution is 7.92. The summed E-state index contributed by atoms with van der Waals surface area (Å²) in [6.45, 7) is 0. The van der Waals surface area contributed by atoms with Gasteiger partial charge in [-0.2, -0.15) is 5.26 Å². The first-order valence-electron chi connectivity index (χ1n) is 8.32. The quantitative estimate of drug-likeness (QED) is 0.681. The Hall–Kier alpha value is -3.50. The minimum Gasteiger partial charge on any atom is -0.497 e. The molecule has 0 saturated heterocycles. The predicted octanol–water partition coefficient (Wildman–Crippen LogP) is 4.04. The molecule has 1 N–H and O–H groups in total. The Labute approximate surface area is 164 Å². The number of methoxy groups -OCH3 is 2. The molecule has 3 aromatic rings. The summed E-state index contributed by atoms with van der Waals surface area (Å²) in [6.07, 6.45) is 0. The van der Waals surface area contributed by atoms with E-state index in [1.54, 1.807) is 38.5 Å². The summed E-state index contributed by atoms with van der Waals surface area (Å²) in [5, 5.41) is 8.99. The molecule has 142 valence electrons. The van der Waals surface area contributed by atoms with Crippen molar-refractivity contribution in [3.05, 3.63) is 72.3 Å². The maximum atomic E-state index is 12.7. The average Bonchev–Trinajstić information content (AvgIpc) is 2.73. The first-order valence-corrected chi connectivity index (χ1v) is 9.80. The third-order valence-corrected chi connectivity index (χ3v) is 5.51. The number of sulfonamides is 1. The SMILES string of the molecule is COc1ccc(-c2cc(NS(=O)(=O)c3cccc(C#N)c3)ccc2OC)cc1. The molecule has 0 saturated carbocycles. The lowest BCUT2D eigenvalue weighted by molar-refractivity contribution is 0.414. The molecule has 28 heavy (non-hydrogen) atoms. The lowest BCUT2D eigenvalue weighted by atomic mass is 10.0. The summed E-state index contributed by atoms with van der Waals surface area (Å²) in [7, 11) is -0.692. The zero-order chi connectivity index (χ0) is 20.1. The van der Waals surface area contributed by atoms with Crippen molar-refractivity contribution in [1.29, 1.82) is 5.26 Å². The van der Waals surface area contributed by atoms with Crippen LogP contribution in [0.15, 0.2) is 71.6 Å². The van der Waals surface area contributed by atoms with Crippen molar-refractivity contribution in [3.63, 3.8) is 0 Å². The molecule has 0 fully saturated rings. The van der Waals surface area contributed by atoms with Gasteiger partial charge in [-0.3, -0.25) is 4.72 Å². The van der Waals surface area contributed by atoms with Crippen LogP contribution >= 0.6 is 0 Å². The first-order chi connectivity index (χ1) is 13.5. The lowest BCUT2D eigenvalue weighted by Gasteiger charge is -2.13. The molecule has 0 amide bonds. The van der Waals surface area contributed by atoms with E-state index in [-0.39, 0.29) is 10.5 Å². The Kier molecular flexibility index (Phi) is 5.52. The van der Waals surface area contributed by atoms with Crippen LogP contribution in [-0.4, -0.2) is 22.6 Å². The second-order valence-corrected chi connectivity index (χ2v) is 7.57. The summed E-state index contributed by atoms with van der Waals surface area (Å²) in [5.74, 6) is 1.33. The van der Waals surface area contributed by atoms with Crippen molar-refractivity contribution in [2.75, 3.05) is 18.9 Å². The predicted molar refractivity (Wildman–Crippen MR) is 107 cm³/mol. The summed E-state index contributed by atoms with van der Waals surface area (Å²) in [4.78, 5) is 0.0216. The van der Waals surface area contributed by atoms with Crippen LogP contribution in [0.5, 0.6) is 11.5 Å². The summed E-state index contributed by atoms with van der Waals surface area (Å²) in [6, 6.07) is 20.2. The molecule has 0 aromatic heterocycles. The second-order valence-electron chi connectivity index (χ2n) is 5.89. The van der Waals surface area contributed by atoms with E-state index in [2.05, 4.69) is 4.72 Å². The first kappa shape index (κ1) is 19.3. The fourth-order valence-electron chi connectivity index (χ4n) is 2.71. The molecule has 6 nitrogen and oxygen atoms in total. The Morgan fingerprint density at radius 2 is 1.68 bits per heavy atom. The number of anilines is 1. The Morgan fingerprint density at radius 1 is 0.929 bits per heavy atom. The van der Waals surface area contributed by atoms with Gasteiger partial charge < -0.3 is 9.47 Å².